The topological polar surface area (TPSA) is 152 Å². The van der Waals surface area contributed by atoms with Crippen molar-refractivity contribution in [3.05, 3.63) is 10.4 Å². The maximum absolute atomic E-state index is 10.8. The molecular weight excluding hydrogens is 441 g/mol. The van der Waals surface area contributed by atoms with Crippen LogP contribution in [0.2, 0.25) is 0 Å². The number of alkyl halides is 2. The van der Waals surface area contributed by atoms with Gasteiger partial charge >= 0.3 is 17.6 Å². The van der Waals surface area contributed by atoms with Crippen molar-refractivity contribution in [2.75, 3.05) is 18.9 Å². The predicted octanol–water partition coefficient (Wildman–Crippen LogP) is 5.04. The van der Waals surface area contributed by atoms with Crippen LogP contribution in [0, 0.1) is 0 Å². The first-order valence-electron chi connectivity index (χ1n) is 7.53. The second-order valence-corrected chi connectivity index (χ2v) is 7.32. The van der Waals surface area contributed by atoms with Gasteiger partial charge in [0.15, 0.2) is 18.9 Å². The SMILES string of the molecule is CC(C)(C)NC(=O)OCCl.CC(C)(C)NC(=O)OCN=[N+]=[N-].O=C(Cl)OCCl. The number of amides is 2. The Morgan fingerprint density at radius 3 is 1.54 bits per heavy atom. The molecule has 0 saturated heterocycles. The minimum atomic E-state index is -0.870. The Morgan fingerprint density at radius 2 is 1.29 bits per heavy atom. The molecular formula is C14H26Cl3N5O6. The summed E-state index contributed by atoms with van der Waals surface area (Å²) >= 11 is 14.6. The number of carbonyl (C=O) groups is 3. The van der Waals surface area contributed by atoms with Crippen molar-refractivity contribution >= 4 is 52.4 Å². The zero-order valence-corrected chi connectivity index (χ0v) is 18.8. The van der Waals surface area contributed by atoms with Crippen molar-refractivity contribution in [1.82, 2.24) is 10.6 Å². The third-order valence-electron chi connectivity index (χ3n) is 1.62. The fourth-order valence-corrected chi connectivity index (χ4v) is 1.20. The molecule has 0 aliphatic heterocycles. The molecule has 28 heavy (non-hydrogen) atoms. The van der Waals surface area contributed by atoms with Crippen LogP contribution in [0.25, 0.3) is 10.4 Å². The molecule has 0 rings (SSSR count). The molecule has 164 valence electrons. The third kappa shape index (κ3) is 35.3. The number of nitrogens with one attached hydrogen (secondary N) is 2. The molecule has 0 saturated carbocycles. The molecule has 0 aliphatic carbocycles. The number of carbonyl (C=O) groups excluding carboxylic acids is 3. The highest BCUT2D eigenvalue weighted by Crippen LogP contribution is 1.99. The highest BCUT2D eigenvalue weighted by molar-refractivity contribution is 6.61. The molecule has 0 atom stereocenters. The van der Waals surface area contributed by atoms with E-state index < -0.39 is 17.6 Å². The molecule has 0 spiro atoms. The lowest BCUT2D eigenvalue weighted by Gasteiger charge is -2.19. The fourth-order valence-electron chi connectivity index (χ4n) is 0.890. The maximum atomic E-state index is 10.8. The first-order valence-corrected chi connectivity index (χ1v) is 8.98. The lowest BCUT2D eigenvalue weighted by molar-refractivity contribution is 0.140. The number of ether oxygens (including phenoxy) is 3. The Bertz CT molecular complexity index is 517. The Balaban J connectivity index is -0.000000354. The number of hydrogen-bond acceptors (Lipinski definition) is 7. The molecule has 0 aromatic rings. The van der Waals surface area contributed by atoms with Crippen molar-refractivity contribution in [2.24, 2.45) is 5.11 Å². The van der Waals surface area contributed by atoms with E-state index >= 15 is 0 Å². The quantitative estimate of drug-likeness (QED) is 0.148. The van der Waals surface area contributed by atoms with Gasteiger partial charge in [-0.05, 0) is 47.1 Å². The van der Waals surface area contributed by atoms with Gasteiger partial charge in [0.05, 0.1) is 0 Å². The van der Waals surface area contributed by atoms with Gasteiger partial charge in [-0.25, -0.2) is 14.4 Å². The number of hydrogen-bond donors (Lipinski definition) is 2. The third-order valence-corrected chi connectivity index (χ3v) is 1.95. The molecule has 0 bridgehead atoms. The Hall–Kier alpha value is -1.81. The molecule has 0 aliphatic rings. The van der Waals surface area contributed by atoms with Gasteiger partial charge < -0.3 is 24.8 Å². The number of nitrogens with zero attached hydrogens (tertiary/aromatic N) is 3. The minimum absolute atomic E-state index is 0.109. The van der Waals surface area contributed by atoms with Crippen molar-refractivity contribution < 1.29 is 28.6 Å². The fraction of sp³-hybridized carbons (Fsp3) is 0.786. The summed E-state index contributed by atoms with van der Waals surface area (Å²) in [5.74, 6) is 0. The molecule has 11 nitrogen and oxygen atoms in total. The van der Waals surface area contributed by atoms with Gasteiger partial charge in [0.1, 0.15) is 0 Å². The number of rotatable bonds is 4. The van der Waals surface area contributed by atoms with Crippen LogP contribution in [0.15, 0.2) is 5.11 Å². The Labute approximate surface area is 178 Å². The summed E-state index contributed by atoms with van der Waals surface area (Å²) in [5.41, 5.74) is 6.39. The molecule has 2 N–H and O–H groups in total. The van der Waals surface area contributed by atoms with Crippen LogP contribution >= 0.6 is 34.8 Å². The summed E-state index contributed by atoms with van der Waals surface area (Å²) in [6.07, 6.45) is -1.07. The van der Waals surface area contributed by atoms with Crippen molar-refractivity contribution in [3.63, 3.8) is 0 Å². The number of azide groups is 1. The molecule has 14 heteroatoms. The molecule has 0 radical (unpaired) electrons. The first-order chi connectivity index (χ1) is 12.7. The second-order valence-electron chi connectivity index (χ2n) is 6.57. The summed E-state index contributed by atoms with van der Waals surface area (Å²) in [6.45, 7) is 10.8. The van der Waals surface area contributed by atoms with Gasteiger partial charge in [-0.2, -0.15) is 0 Å². The van der Waals surface area contributed by atoms with Gasteiger partial charge in [-0.15, -0.1) is 0 Å². The molecule has 0 aromatic heterocycles. The lowest BCUT2D eigenvalue weighted by atomic mass is 10.1. The predicted molar refractivity (Wildman–Crippen MR) is 107 cm³/mol. The van der Waals surface area contributed by atoms with Gasteiger partial charge in [0.25, 0.3) is 0 Å². The van der Waals surface area contributed by atoms with Crippen LogP contribution in [0.5, 0.6) is 0 Å². The van der Waals surface area contributed by atoms with E-state index in [9.17, 15) is 14.4 Å². The van der Waals surface area contributed by atoms with E-state index in [2.05, 4.69) is 46.5 Å². The summed E-state index contributed by atoms with van der Waals surface area (Å²) in [5, 5.41) is 8.15. The van der Waals surface area contributed by atoms with Crippen molar-refractivity contribution in [3.8, 4) is 0 Å². The average molecular weight is 467 g/mol. The van der Waals surface area contributed by atoms with Gasteiger partial charge in [-0.3, -0.25) is 0 Å². The highest BCUT2D eigenvalue weighted by Gasteiger charge is 2.14. The first kappa shape index (κ1) is 30.9. The largest absolute Gasteiger partial charge is 0.443 e. The minimum Gasteiger partial charge on any atom is -0.443 e. The van der Waals surface area contributed by atoms with E-state index in [0.29, 0.717) is 0 Å². The van der Waals surface area contributed by atoms with E-state index in [0.717, 1.165) is 0 Å². The average Bonchev–Trinajstić information content (AvgIpc) is 2.45. The standard InChI is InChI=1S/C6H12ClNO2.C6H12N4O2.C2H2Cl2O2/c1-6(2,3)8-5(9)10-4-7;1-6(2,3)9-5(11)12-4-8-10-7;3-1-6-2(4)5/h4H2,1-3H3,(H,8,9);4H2,1-3H3,(H,9,11);1H2. The zero-order valence-electron chi connectivity index (χ0n) is 16.5. The molecule has 0 heterocycles. The van der Waals surface area contributed by atoms with E-state index in [4.69, 9.17) is 28.7 Å². The highest BCUT2D eigenvalue weighted by atomic mass is 35.5. The molecule has 0 unspecified atom stereocenters. The van der Waals surface area contributed by atoms with Gasteiger partial charge in [-0.1, -0.05) is 28.3 Å². The Kier molecular flexibility index (Phi) is 19.1. The van der Waals surface area contributed by atoms with Crippen LogP contribution < -0.4 is 10.6 Å². The zero-order chi connectivity index (χ0) is 22.8. The summed E-state index contributed by atoms with van der Waals surface area (Å²) in [4.78, 5) is 33.4. The van der Waals surface area contributed by atoms with E-state index in [1.54, 1.807) is 0 Å². The lowest BCUT2D eigenvalue weighted by Crippen LogP contribution is -2.40. The monoisotopic (exact) mass is 465 g/mol. The second kappa shape index (κ2) is 17.3. The summed E-state index contributed by atoms with van der Waals surface area (Å²) in [6, 6.07) is -0.287. The number of alkyl carbamates (subject to hydrolysis) is 2. The molecule has 2 amide bonds. The summed E-state index contributed by atoms with van der Waals surface area (Å²) in [7, 11) is 0. The normalized spacial score (nSPS) is 9.75. The summed E-state index contributed by atoms with van der Waals surface area (Å²) < 4.78 is 12.9. The van der Waals surface area contributed by atoms with Gasteiger partial charge in [0.2, 0.25) is 0 Å². The molecule has 0 aromatic carbocycles. The smallest absolute Gasteiger partial charge is 0.408 e. The van der Waals surface area contributed by atoms with Crippen LogP contribution in [0.4, 0.5) is 14.4 Å². The number of halogens is 3. The van der Waals surface area contributed by atoms with Crippen LogP contribution in [0.3, 0.4) is 0 Å². The van der Waals surface area contributed by atoms with Crippen LogP contribution in [-0.4, -0.2) is 47.6 Å². The maximum Gasteiger partial charge on any atom is 0.408 e. The van der Waals surface area contributed by atoms with Crippen LogP contribution in [0.1, 0.15) is 41.5 Å². The van der Waals surface area contributed by atoms with E-state index in [1.807, 2.05) is 41.5 Å². The van der Waals surface area contributed by atoms with Gasteiger partial charge in [0, 0.05) is 27.6 Å². The Morgan fingerprint density at radius 1 is 0.893 bits per heavy atom. The molecule has 0 fully saturated rings. The van der Waals surface area contributed by atoms with Crippen molar-refractivity contribution in [1.29, 1.82) is 0 Å². The van der Waals surface area contributed by atoms with E-state index in [1.165, 1.54) is 0 Å². The van der Waals surface area contributed by atoms with Crippen molar-refractivity contribution in [2.45, 2.75) is 52.6 Å². The van der Waals surface area contributed by atoms with Crippen LogP contribution in [-0.2, 0) is 14.2 Å². The van der Waals surface area contributed by atoms with E-state index in [-0.39, 0.29) is 29.9 Å².